The van der Waals surface area contributed by atoms with Crippen LogP contribution in [-0.4, -0.2) is 4.57 Å². The van der Waals surface area contributed by atoms with Crippen molar-refractivity contribution in [1.82, 2.24) is 4.57 Å². The number of hydrogen-bond donors (Lipinski definition) is 1. The Morgan fingerprint density at radius 1 is 1.23 bits per heavy atom. The van der Waals surface area contributed by atoms with Crippen LogP contribution in [0.15, 0.2) is 35.1 Å². The molecule has 0 atom stereocenters. The van der Waals surface area contributed by atoms with Crippen LogP contribution in [0.1, 0.15) is 0 Å². The van der Waals surface area contributed by atoms with Crippen molar-refractivity contribution in [1.29, 1.82) is 0 Å². The number of nitrogen functional groups attached to an aromatic ring is 1. The molecule has 66 valence electrons. The zero-order valence-corrected chi connectivity index (χ0v) is 7.32. The maximum Gasteiger partial charge on any atom is 0.250 e. The van der Waals surface area contributed by atoms with Crippen molar-refractivity contribution in [2.45, 2.75) is 0 Å². The van der Waals surface area contributed by atoms with Crippen LogP contribution in [0.3, 0.4) is 0 Å². The summed E-state index contributed by atoms with van der Waals surface area (Å²) in [5.41, 5.74) is 7.24. The Kier molecular flexibility index (Phi) is 1.59. The molecule has 0 aliphatic rings. The Labute approximate surface area is 75.4 Å². The molecule has 0 bridgehead atoms. The lowest BCUT2D eigenvalue weighted by molar-refractivity contribution is 0.906. The third kappa shape index (κ3) is 1.18. The van der Waals surface area contributed by atoms with Crippen LogP contribution in [0.25, 0.3) is 10.9 Å². The quantitative estimate of drug-likeness (QED) is 0.608. The maximum atomic E-state index is 11.2. The first-order chi connectivity index (χ1) is 6.18. The maximum absolute atomic E-state index is 11.2. The Morgan fingerprint density at radius 3 is 2.77 bits per heavy atom. The van der Waals surface area contributed by atoms with E-state index >= 15 is 0 Å². The average molecular weight is 174 g/mol. The van der Waals surface area contributed by atoms with Gasteiger partial charge < -0.3 is 10.3 Å². The molecule has 2 N–H and O–H groups in total. The minimum atomic E-state index is -0.00253. The zero-order valence-electron chi connectivity index (χ0n) is 7.32. The first-order valence-corrected chi connectivity index (χ1v) is 4.04. The van der Waals surface area contributed by atoms with Crippen molar-refractivity contribution in [2.75, 3.05) is 5.73 Å². The predicted octanol–water partition coefficient (Wildman–Crippen LogP) is 1.12. The summed E-state index contributed by atoms with van der Waals surface area (Å²) in [6.07, 6.45) is 0. The van der Waals surface area contributed by atoms with Gasteiger partial charge in [0.2, 0.25) is 0 Å². The van der Waals surface area contributed by atoms with Crippen LogP contribution < -0.4 is 11.3 Å². The summed E-state index contributed by atoms with van der Waals surface area (Å²) in [5, 5.41) is 0.988. The number of aromatic nitrogens is 1. The molecule has 3 nitrogen and oxygen atoms in total. The third-order valence-electron chi connectivity index (χ3n) is 2.15. The fraction of sp³-hybridized carbons (Fsp3) is 0.100. The molecular formula is C10H10N2O. The van der Waals surface area contributed by atoms with E-state index < -0.39 is 0 Å². The summed E-state index contributed by atoms with van der Waals surface area (Å²) in [7, 11) is 1.75. The van der Waals surface area contributed by atoms with E-state index in [1.807, 2.05) is 12.1 Å². The second-order valence-electron chi connectivity index (χ2n) is 3.05. The van der Waals surface area contributed by atoms with Crippen LogP contribution in [-0.2, 0) is 7.05 Å². The monoisotopic (exact) mass is 174 g/mol. The lowest BCUT2D eigenvalue weighted by Crippen LogP contribution is -2.14. The first-order valence-electron chi connectivity index (χ1n) is 4.04. The molecule has 0 spiro atoms. The minimum absolute atomic E-state index is 0.00253. The van der Waals surface area contributed by atoms with Gasteiger partial charge in [-0.3, -0.25) is 4.79 Å². The van der Waals surface area contributed by atoms with E-state index in [9.17, 15) is 4.79 Å². The summed E-state index contributed by atoms with van der Waals surface area (Å²) in [6, 6.07) is 8.83. The number of fused-ring (bicyclic) bond motifs is 1. The number of nitrogens with two attached hydrogens (primary N) is 1. The normalized spacial score (nSPS) is 10.5. The summed E-state index contributed by atoms with van der Waals surface area (Å²) in [4.78, 5) is 11.2. The molecule has 2 aromatic rings. The fourth-order valence-electron chi connectivity index (χ4n) is 1.40. The SMILES string of the molecule is Cn1c(=O)ccc2cc(N)ccc21. The number of pyridine rings is 1. The van der Waals surface area contributed by atoms with Gasteiger partial charge in [0.25, 0.3) is 5.56 Å². The second kappa shape index (κ2) is 2.62. The smallest absolute Gasteiger partial charge is 0.250 e. The molecule has 0 saturated heterocycles. The van der Waals surface area contributed by atoms with Crippen LogP contribution in [0.4, 0.5) is 5.69 Å². The van der Waals surface area contributed by atoms with Gasteiger partial charge in [-0.1, -0.05) is 0 Å². The van der Waals surface area contributed by atoms with Gasteiger partial charge in [-0.25, -0.2) is 0 Å². The molecule has 0 aliphatic carbocycles. The van der Waals surface area contributed by atoms with E-state index in [0.29, 0.717) is 5.69 Å². The molecule has 2 rings (SSSR count). The zero-order chi connectivity index (χ0) is 9.42. The van der Waals surface area contributed by atoms with Crippen molar-refractivity contribution < 1.29 is 0 Å². The Balaban J connectivity index is 2.95. The van der Waals surface area contributed by atoms with Crippen molar-refractivity contribution in [3.05, 3.63) is 40.7 Å². The van der Waals surface area contributed by atoms with Crippen molar-refractivity contribution in [3.63, 3.8) is 0 Å². The molecule has 1 aromatic carbocycles. The van der Waals surface area contributed by atoms with Gasteiger partial charge in [-0.05, 0) is 24.3 Å². The van der Waals surface area contributed by atoms with Crippen LogP contribution in [0, 0.1) is 0 Å². The number of nitrogens with zero attached hydrogens (tertiary/aromatic N) is 1. The predicted molar refractivity (Wildman–Crippen MR) is 53.6 cm³/mol. The van der Waals surface area contributed by atoms with Crippen LogP contribution in [0.2, 0.25) is 0 Å². The van der Waals surface area contributed by atoms with Crippen LogP contribution >= 0.6 is 0 Å². The van der Waals surface area contributed by atoms with E-state index in [2.05, 4.69) is 0 Å². The van der Waals surface area contributed by atoms with E-state index in [1.165, 1.54) is 0 Å². The lowest BCUT2D eigenvalue weighted by Gasteiger charge is -2.03. The number of hydrogen-bond acceptors (Lipinski definition) is 2. The van der Waals surface area contributed by atoms with E-state index in [4.69, 9.17) is 5.73 Å². The molecule has 0 fully saturated rings. The largest absolute Gasteiger partial charge is 0.399 e. The number of aryl methyl sites for hydroxylation is 1. The molecular weight excluding hydrogens is 164 g/mol. The topological polar surface area (TPSA) is 48.0 Å². The van der Waals surface area contributed by atoms with Gasteiger partial charge in [-0.15, -0.1) is 0 Å². The Hall–Kier alpha value is -1.77. The fourth-order valence-corrected chi connectivity index (χ4v) is 1.40. The molecule has 0 unspecified atom stereocenters. The number of benzene rings is 1. The summed E-state index contributed by atoms with van der Waals surface area (Å²) >= 11 is 0. The highest BCUT2D eigenvalue weighted by atomic mass is 16.1. The molecule has 1 aromatic heterocycles. The Bertz CT molecular complexity index is 514. The molecule has 3 heteroatoms. The second-order valence-corrected chi connectivity index (χ2v) is 3.05. The summed E-state index contributed by atoms with van der Waals surface area (Å²) < 4.78 is 1.61. The van der Waals surface area contributed by atoms with Crippen molar-refractivity contribution in [2.24, 2.45) is 7.05 Å². The summed E-state index contributed by atoms with van der Waals surface area (Å²) in [5.74, 6) is 0. The summed E-state index contributed by atoms with van der Waals surface area (Å²) in [6.45, 7) is 0. The molecule has 1 heterocycles. The Morgan fingerprint density at radius 2 is 2.00 bits per heavy atom. The minimum Gasteiger partial charge on any atom is -0.399 e. The van der Waals surface area contributed by atoms with Crippen molar-refractivity contribution in [3.8, 4) is 0 Å². The standard InChI is InChI=1S/C10H10N2O/c1-12-9-4-3-8(11)6-7(9)2-5-10(12)13/h2-6H,11H2,1H3. The van der Waals surface area contributed by atoms with Gasteiger partial charge >= 0.3 is 0 Å². The van der Waals surface area contributed by atoms with Crippen LogP contribution in [0.5, 0.6) is 0 Å². The van der Waals surface area contributed by atoms with Gasteiger partial charge in [0.05, 0.1) is 5.52 Å². The number of anilines is 1. The highest BCUT2D eigenvalue weighted by molar-refractivity contribution is 5.82. The number of rotatable bonds is 0. The first kappa shape index (κ1) is 7.86. The van der Waals surface area contributed by atoms with Crippen molar-refractivity contribution >= 4 is 16.6 Å². The highest BCUT2D eigenvalue weighted by Crippen LogP contribution is 2.14. The molecule has 0 amide bonds. The van der Waals surface area contributed by atoms with E-state index in [1.54, 1.807) is 29.8 Å². The highest BCUT2D eigenvalue weighted by Gasteiger charge is 1.97. The van der Waals surface area contributed by atoms with Gasteiger partial charge in [0, 0.05) is 24.2 Å². The molecule has 0 radical (unpaired) electrons. The molecule has 0 saturated carbocycles. The van der Waals surface area contributed by atoms with E-state index in [0.717, 1.165) is 10.9 Å². The van der Waals surface area contributed by atoms with Gasteiger partial charge in [-0.2, -0.15) is 0 Å². The average Bonchev–Trinajstić information content (AvgIpc) is 2.12. The molecule has 13 heavy (non-hydrogen) atoms. The third-order valence-corrected chi connectivity index (χ3v) is 2.15. The van der Waals surface area contributed by atoms with Gasteiger partial charge in [0.1, 0.15) is 0 Å². The van der Waals surface area contributed by atoms with E-state index in [-0.39, 0.29) is 5.56 Å². The van der Waals surface area contributed by atoms with Gasteiger partial charge in [0.15, 0.2) is 0 Å². The molecule has 0 aliphatic heterocycles. The lowest BCUT2D eigenvalue weighted by atomic mass is 10.2.